The van der Waals surface area contributed by atoms with E-state index in [1.54, 1.807) is 0 Å². The summed E-state index contributed by atoms with van der Waals surface area (Å²) in [4.78, 5) is 29.7. The van der Waals surface area contributed by atoms with Crippen molar-refractivity contribution in [3.8, 4) is 5.75 Å². The Hall–Kier alpha value is -2.53. The van der Waals surface area contributed by atoms with Gasteiger partial charge in [0, 0.05) is 30.7 Å². The van der Waals surface area contributed by atoms with Crippen LogP contribution in [0.4, 0.5) is 0 Å². The summed E-state index contributed by atoms with van der Waals surface area (Å²) in [6.07, 6.45) is 3.59. The van der Waals surface area contributed by atoms with Gasteiger partial charge in [0.15, 0.2) is 0 Å². The number of carbonyl (C=O) groups excluding carboxylic acids is 2. The van der Waals surface area contributed by atoms with E-state index in [2.05, 4.69) is 0 Å². The van der Waals surface area contributed by atoms with Crippen LogP contribution in [0, 0.1) is 5.92 Å². The monoisotopic (exact) mass is 440 g/mol. The average molecular weight is 441 g/mol. The minimum absolute atomic E-state index is 0.133. The minimum Gasteiger partial charge on any atom is -0.493 e. The summed E-state index contributed by atoms with van der Waals surface area (Å²) >= 11 is 6.25. The van der Waals surface area contributed by atoms with Crippen LogP contribution in [0.3, 0.4) is 0 Å². The third-order valence-electron chi connectivity index (χ3n) is 6.37. The number of ether oxygens (including phenoxy) is 1. The van der Waals surface area contributed by atoms with Gasteiger partial charge in [0.05, 0.1) is 19.4 Å². The fourth-order valence-corrected chi connectivity index (χ4v) is 4.98. The molecule has 0 spiro atoms. The van der Waals surface area contributed by atoms with Crippen LogP contribution in [-0.4, -0.2) is 53.9 Å². The Labute approximate surface area is 188 Å². The van der Waals surface area contributed by atoms with Crippen molar-refractivity contribution in [2.45, 2.75) is 38.1 Å². The largest absolute Gasteiger partial charge is 0.493 e. The van der Waals surface area contributed by atoms with Crippen LogP contribution in [-0.2, 0) is 16.0 Å². The number of hydrogen-bond donors (Lipinski definition) is 0. The molecule has 2 saturated heterocycles. The van der Waals surface area contributed by atoms with Gasteiger partial charge in [-0.1, -0.05) is 48.0 Å². The number of likely N-dealkylation sites (tertiary alicyclic amines) is 2. The van der Waals surface area contributed by atoms with E-state index in [1.165, 1.54) is 0 Å². The van der Waals surface area contributed by atoms with Gasteiger partial charge in [0.2, 0.25) is 11.8 Å². The first kappa shape index (κ1) is 21.7. The number of para-hydroxylation sites is 1. The molecule has 2 aliphatic rings. The van der Waals surface area contributed by atoms with Gasteiger partial charge >= 0.3 is 0 Å². The first-order valence-electron chi connectivity index (χ1n) is 11.1. The highest BCUT2D eigenvalue weighted by atomic mass is 35.5. The summed E-state index contributed by atoms with van der Waals surface area (Å²) in [5.74, 6) is 1.40. The molecule has 0 N–H and O–H groups in total. The van der Waals surface area contributed by atoms with Crippen molar-refractivity contribution in [1.82, 2.24) is 9.80 Å². The van der Waals surface area contributed by atoms with Gasteiger partial charge in [-0.05, 0) is 48.9 Å². The summed E-state index contributed by atoms with van der Waals surface area (Å²) < 4.78 is 5.68. The molecule has 2 amide bonds. The van der Waals surface area contributed by atoms with E-state index >= 15 is 0 Å². The summed E-state index contributed by atoms with van der Waals surface area (Å²) in [5, 5.41) is 0.641. The molecule has 0 radical (unpaired) electrons. The molecule has 0 unspecified atom stereocenters. The van der Waals surface area contributed by atoms with E-state index in [-0.39, 0.29) is 17.9 Å². The molecule has 0 aliphatic carbocycles. The number of carbonyl (C=O) groups is 2. The molecule has 0 aromatic heterocycles. The van der Waals surface area contributed by atoms with E-state index in [0.717, 1.165) is 43.7 Å². The first-order chi connectivity index (χ1) is 15.1. The third-order valence-corrected chi connectivity index (χ3v) is 6.74. The van der Waals surface area contributed by atoms with Gasteiger partial charge in [0.1, 0.15) is 5.75 Å². The van der Waals surface area contributed by atoms with Crippen molar-refractivity contribution in [3.05, 3.63) is 65.2 Å². The zero-order valence-corrected chi connectivity index (χ0v) is 18.5. The van der Waals surface area contributed by atoms with Gasteiger partial charge in [-0.2, -0.15) is 0 Å². The first-order valence-corrected chi connectivity index (χ1v) is 11.5. The number of hydrogen-bond acceptors (Lipinski definition) is 3. The predicted octanol–water partition coefficient (Wildman–Crippen LogP) is 4.19. The van der Waals surface area contributed by atoms with Gasteiger partial charge in [-0.3, -0.25) is 9.59 Å². The zero-order chi connectivity index (χ0) is 21.6. The second-order valence-electron chi connectivity index (χ2n) is 8.36. The molecule has 2 aromatic rings. The molecule has 6 heteroatoms. The molecule has 31 heavy (non-hydrogen) atoms. The molecular weight excluding hydrogens is 412 g/mol. The zero-order valence-electron chi connectivity index (χ0n) is 17.7. The van der Waals surface area contributed by atoms with E-state index in [9.17, 15) is 9.59 Å². The van der Waals surface area contributed by atoms with Crippen molar-refractivity contribution >= 4 is 23.4 Å². The van der Waals surface area contributed by atoms with Crippen LogP contribution < -0.4 is 4.74 Å². The Kier molecular flexibility index (Phi) is 7.13. The smallest absolute Gasteiger partial charge is 0.227 e. The lowest BCUT2D eigenvalue weighted by molar-refractivity contribution is -0.141. The fraction of sp³-hybridized carbons (Fsp3) is 0.440. The molecule has 2 atom stereocenters. The van der Waals surface area contributed by atoms with Crippen LogP contribution in [0.15, 0.2) is 54.6 Å². The van der Waals surface area contributed by atoms with Crippen LogP contribution in [0.25, 0.3) is 0 Å². The van der Waals surface area contributed by atoms with E-state index in [4.69, 9.17) is 16.3 Å². The standard InChI is InChI=1S/C25H29ClN2O3/c26-22-11-5-4-7-19(22)17-25(30)28-14-6-8-20-18-27(15-12-23(20)28)24(29)13-16-31-21-9-2-1-3-10-21/h1-5,7,9-11,20,23H,6,8,12-18H2/t20-,23+/m1/s1. The van der Waals surface area contributed by atoms with Crippen LogP contribution >= 0.6 is 11.6 Å². The highest BCUT2D eigenvalue weighted by molar-refractivity contribution is 6.31. The number of fused-ring (bicyclic) bond motifs is 1. The number of benzene rings is 2. The van der Waals surface area contributed by atoms with Crippen molar-refractivity contribution < 1.29 is 14.3 Å². The summed E-state index contributed by atoms with van der Waals surface area (Å²) in [6.45, 7) is 2.60. The molecule has 2 aromatic carbocycles. The lowest BCUT2D eigenvalue weighted by atomic mass is 9.83. The average Bonchev–Trinajstić information content (AvgIpc) is 2.80. The normalized spacial score (nSPS) is 20.8. The highest BCUT2D eigenvalue weighted by Crippen LogP contribution is 2.31. The van der Waals surface area contributed by atoms with Crippen LogP contribution in [0.1, 0.15) is 31.2 Å². The molecular formula is C25H29ClN2O3. The van der Waals surface area contributed by atoms with Crippen molar-refractivity contribution in [2.75, 3.05) is 26.2 Å². The molecule has 0 bridgehead atoms. The lowest BCUT2D eigenvalue weighted by Gasteiger charge is -2.47. The van der Waals surface area contributed by atoms with Gasteiger partial charge in [-0.15, -0.1) is 0 Å². The second kappa shape index (κ2) is 10.2. The van der Waals surface area contributed by atoms with Crippen molar-refractivity contribution in [3.63, 3.8) is 0 Å². The number of rotatable bonds is 6. The highest BCUT2D eigenvalue weighted by Gasteiger charge is 2.39. The summed E-state index contributed by atoms with van der Waals surface area (Å²) in [7, 11) is 0. The maximum Gasteiger partial charge on any atom is 0.227 e. The number of piperidine rings is 2. The van der Waals surface area contributed by atoms with E-state index in [1.807, 2.05) is 64.4 Å². The topological polar surface area (TPSA) is 49.9 Å². The quantitative estimate of drug-likeness (QED) is 0.676. The van der Waals surface area contributed by atoms with Gasteiger partial charge in [-0.25, -0.2) is 0 Å². The van der Waals surface area contributed by atoms with Crippen LogP contribution in [0.5, 0.6) is 5.75 Å². The number of amides is 2. The molecule has 164 valence electrons. The van der Waals surface area contributed by atoms with Gasteiger partial charge in [0.25, 0.3) is 0 Å². The Morgan fingerprint density at radius 3 is 2.55 bits per heavy atom. The maximum atomic E-state index is 13.0. The molecule has 5 nitrogen and oxygen atoms in total. The summed E-state index contributed by atoms with van der Waals surface area (Å²) in [5.41, 5.74) is 0.877. The molecule has 2 fully saturated rings. The molecule has 4 rings (SSSR count). The van der Waals surface area contributed by atoms with Crippen LogP contribution in [0.2, 0.25) is 5.02 Å². The van der Waals surface area contributed by atoms with E-state index < -0.39 is 0 Å². The number of halogens is 1. The Morgan fingerprint density at radius 2 is 1.74 bits per heavy atom. The molecule has 2 heterocycles. The number of nitrogens with zero attached hydrogens (tertiary/aromatic N) is 2. The Morgan fingerprint density at radius 1 is 0.968 bits per heavy atom. The fourth-order valence-electron chi connectivity index (χ4n) is 4.78. The summed E-state index contributed by atoms with van der Waals surface area (Å²) in [6, 6.07) is 17.3. The van der Waals surface area contributed by atoms with Crippen molar-refractivity contribution in [1.29, 1.82) is 0 Å². The SMILES string of the molecule is O=C(CCOc1ccccc1)N1CC[C@H]2[C@H](CCCN2C(=O)Cc2ccccc2Cl)C1. The molecule has 2 aliphatic heterocycles. The predicted molar refractivity (Wildman–Crippen MR) is 121 cm³/mol. The lowest BCUT2D eigenvalue weighted by Crippen LogP contribution is -2.57. The van der Waals surface area contributed by atoms with Crippen molar-refractivity contribution in [2.24, 2.45) is 5.92 Å². The van der Waals surface area contributed by atoms with Gasteiger partial charge < -0.3 is 14.5 Å². The second-order valence-corrected chi connectivity index (χ2v) is 8.77. The van der Waals surface area contributed by atoms with E-state index in [0.29, 0.717) is 36.9 Å². The minimum atomic E-state index is 0.133. The Balaban J connectivity index is 1.30. The third kappa shape index (κ3) is 5.40. The molecule has 0 saturated carbocycles. The maximum absolute atomic E-state index is 13.0. The Bertz CT molecular complexity index is 905.